The van der Waals surface area contributed by atoms with Crippen molar-refractivity contribution in [3.63, 3.8) is 0 Å². The molecule has 4 heterocycles. The Morgan fingerprint density at radius 3 is 1.68 bits per heavy atom. The Balaban J connectivity index is 0.000000418. The first-order chi connectivity index (χ1) is 14.9. The van der Waals surface area contributed by atoms with E-state index in [4.69, 9.17) is 23.9 Å². The monoisotopic (exact) mass is 474 g/mol. The van der Waals surface area contributed by atoms with Gasteiger partial charge in [0, 0.05) is 0 Å². The Kier molecular flexibility index (Phi) is 7.25. The fraction of sp³-hybridized carbons (Fsp3) is 0.667. The molecule has 0 radical (unpaired) electrons. The third kappa shape index (κ3) is 5.26. The summed E-state index contributed by atoms with van der Waals surface area (Å²) in [5.41, 5.74) is 1.88. The van der Waals surface area contributed by atoms with Gasteiger partial charge in [-0.3, -0.25) is 0 Å². The minimum absolute atomic E-state index is 0.902. The topological polar surface area (TPSA) is 127 Å². The molecule has 3 fully saturated rings. The molecule has 0 unspecified atom stereocenters. The van der Waals surface area contributed by atoms with E-state index in [2.05, 4.69) is 30.4 Å². The molecule has 0 spiro atoms. The molecular formula is C18H32N6O5P2. The van der Waals surface area contributed by atoms with E-state index >= 15 is 0 Å². The molecule has 2 aromatic rings. The maximum absolute atomic E-state index is 8.88. The number of phosphoric acid groups is 1. The van der Waals surface area contributed by atoms with E-state index < -0.39 is 15.8 Å². The molecule has 0 saturated carbocycles. The number of para-hydroxylation sites is 1. The van der Waals surface area contributed by atoms with Gasteiger partial charge in [0.2, 0.25) is 0 Å². The van der Waals surface area contributed by atoms with Crippen molar-refractivity contribution in [2.45, 2.75) is 38.5 Å². The van der Waals surface area contributed by atoms with Crippen LogP contribution in [0.1, 0.15) is 38.5 Å². The first kappa shape index (κ1) is 23.0. The van der Waals surface area contributed by atoms with E-state index in [1.807, 2.05) is 18.2 Å². The Morgan fingerprint density at radius 1 is 0.806 bits per heavy atom. The van der Waals surface area contributed by atoms with E-state index in [-0.39, 0.29) is 0 Å². The Bertz CT molecular complexity index is 857. The van der Waals surface area contributed by atoms with Crippen LogP contribution in [0.25, 0.3) is 11.0 Å². The maximum atomic E-state index is 8.88. The average Bonchev–Trinajstić information content (AvgIpc) is 3.54. The van der Waals surface area contributed by atoms with E-state index in [9.17, 15) is 0 Å². The molecule has 3 aliphatic heterocycles. The molecule has 3 saturated heterocycles. The summed E-state index contributed by atoms with van der Waals surface area (Å²) in [5.74, 6) is 0. The van der Waals surface area contributed by atoms with Gasteiger partial charge >= 0.3 is 163 Å². The van der Waals surface area contributed by atoms with Crippen LogP contribution in [0.15, 0.2) is 24.3 Å². The van der Waals surface area contributed by atoms with Crippen molar-refractivity contribution in [1.29, 1.82) is 0 Å². The third-order valence-electron chi connectivity index (χ3n) is 6.08. The molecule has 0 aliphatic carbocycles. The zero-order valence-corrected chi connectivity index (χ0v) is 19.5. The van der Waals surface area contributed by atoms with Gasteiger partial charge in [-0.1, -0.05) is 0 Å². The standard InChI is InChI=1S/C18H29N6OP.H3O4P/c1-2-10-18-17(9-1)19-20-24(18)25-26(21-11-3-4-12-21,22-13-5-6-14-22)23-15-7-8-16-23;1-5(2,3)4/h1-2,9-10,26H,3-8,11-16H2;(H3,1,2,3,4). The van der Waals surface area contributed by atoms with Crippen LogP contribution in [-0.4, -0.2) is 83.1 Å². The van der Waals surface area contributed by atoms with Crippen LogP contribution in [0.2, 0.25) is 0 Å². The normalized spacial score (nSPS) is 22.0. The molecule has 0 atom stereocenters. The summed E-state index contributed by atoms with van der Waals surface area (Å²) in [6.45, 7) is 6.87. The molecule has 1 aromatic heterocycles. The zero-order chi connectivity index (χ0) is 21.9. The van der Waals surface area contributed by atoms with Crippen molar-refractivity contribution in [2.24, 2.45) is 0 Å². The molecule has 11 nitrogen and oxygen atoms in total. The van der Waals surface area contributed by atoms with Gasteiger partial charge in [-0.15, -0.1) is 0 Å². The number of rotatable bonds is 5. The van der Waals surface area contributed by atoms with Crippen molar-refractivity contribution in [1.82, 2.24) is 29.2 Å². The summed E-state index contributed by atoms with van der Waals surface area (Å²) in [6.07, 6.45) is 7.65. The quantitative estimate of drug-likeness (QED) is 0.550. The van der Waals surface area contributed by atoms with E-state index in [0.717, 1.165) is 50.3 Å². The molecule has 31 heavy (non-hydrogen) atoms. The Morgan fingerprint density at radius 2 is 1.23 bits per heavy atom. The van der Waals surface area contributed by atoms with Crippen LogP contribution in [0.3, 0.4) is 0 Å². The number of benzene rings is 1. The van der Waals surface area contributed by atoms with Gasteiger partial charge in [0.05, 0.1) is 0 Å². The van der Waals surface area contributed by atoms with Crippen LogP contribution < -0.4 is 4.62 Å². The van der Waals surface area contributed by atoms with Gasteiger partial charge in [-0.2, -0.15) is 0 Å². The summed E-state index contributed by atoms with van der Waals surface area (Å²) in [4.78, 5) is 23.3. The van der Waals surface area contributed by atoms with Crippen molar-refractivity contribution in [3.8, 4) is 0 Å². The van der Waals surface area contributed by atoms with Gasteiger partial charge in [0.1, 0.15) is 0 Å². The SMILES string of the molecule is O=P(O)(O)O.c1ccc2c(c1)nnn2O[PH](N1CCCC1)(N1CCCC1)N1CCCC1. The van der Waals surface area contributed by atoms with Crippen LogP contribution in [0.4, 0.5) is 0 Å². The molecule has 5 rings (SSSR count). The average molecular weight is 474 g/mol. The van der Waals surface area contributed by atoms with Crippen LogP contribution in [-0.2, 0) is 4.57 Å². The first-order valence-corrected chi connectivity index (χ1v) is 14.2. The molecular weight excluding hydrogens is 442 g/mol. The van der Waals surface area contributed by atoms with Crippen molar-refractivity contribution in [3.05, 3.63) is 24.3 Å². The fourth-order valence-corrected chi connectivity index (χ4v) is 9.44. The first-order valence-electron chi connectivity index (χ1n) is 10.9. The summed E-state index contributed by atoms with van der Waals surface area (Å²) < 4.78 is 23.9. The predicted octanol–water partition coefficient (Wildman–Crippen LogP) is 1.63. The summed E-state index contributed by atoms with van der Waals surface area (Å²) in [5, 5.41) is 8.73. The summed E-state index contributed by atoms with van der Waals surface area (Å²) in [7, 11) is -7.10. The van der Waals surface area contributed by atoms with E-state index in [0.29, 0.717) is 0 Å². The van der Waals surface area contributed by atoms with Crippen LogP contribution in [0.5, 0.6) is 0 Å². The number of fused-ring (bicyclic) bond motifs is 1. The molecule has 13 heteroatoms. The minimum atomic E-state index is -4.64. The number of hydrogen-bond donors (Lipinski definition) is 3. The number of aromatic nitrogens is 3. The second kappa shape index (κ2) is 9.77. The van der Waals surface area contributed by atoms with Crippen molar-refractivity contribution >= 4 is 26.8 Å². The number of hydrogen-bond acceptors (Lipinski definition) is 7. The second-order valence-electron chi connectivity index (χ2n) is 8.21. The molecule has 3 aliphatic rings. The van der Waals surface area contributed by atoms with Crippen molar-refractivity contribution < 1.29 is 23.9 Å². The van der Waals surface area contributed by atoms with E-state index in [1.165, 1.54) is 38.5 Å². The van der Waals surface area contributed by atoms with Crippen molar-refractivity contribution in [2.75, 3.05) is 39.3 Å². The summed E-state index contributed by atoms with van der Waals surface area (Å²) in [6, 6.07) is 8.11. The zero-order valence-electron chi connectivity index (χ0n) is 17.6. The third-order valence-corrected chi connectivity index (χ3v) is 10.3. The van der Waals surface area contributed by atoms with Gasteiger partial charge < -0.3 is 14.7 Å². The van der Waals surface area contributed by atoms with Crippen LogP contribution >= 0.6 is 15.8 Å². The summed E-state index contributed by atoms with van der Waals surface area (Å²) >= 11 is 0. The van der Waals surface area contributed by atoms with E-state index in [1.54, 1.807) is 4.85 Å². The van der Waals surface area contributed by atoms with Gasteiger partial charge in [0.25, 0.3) is 0 Å². The Hall–Kier alpha value is -1.16. The van der Waals surface area contributed by atoms with Crippen LogP contribution in [0, 0.1) is 0 Å². The molecule has 174 valence electrons. The van der Waals surface area contributed by atoms with Gasteiger partial charge in [0.15, 0.2) is 0 Å². The van der Waals surface area contributed by atoms with Gasteiger partial charge in [-0.25, -0.2) is 4.57 Å². The predicted molar refractivity (Wildman–Crippen MR) is 119 cm³/mol. The molecule has 0 bridgehead atoms. The van der Waals surface area contributed by atoms with Gasteiger partial charge in [-0.05, 0) is 0 Å². The Labute approximate surface area is 182 Å². The molecule has 1 aromatic carbocycles. The molecule has 0 amide bonds. The number of nitrogens with zero attached hydrogens (tertiary/aromatic N) is 6. The second-order valence-corrected chi connectivity index (χ2v) is 12.5. The fourth-order valence-electron chi connectivity index (χ4n) is 4.83. The molecule has 3 N–H and O–H groups in total.